The van der Waals surface area contributed by atoms with E-state index in [2.05, 4.69) is 0 Å². The fourth-order valence-corrected chi connectivity index (χ4v) is 1.93. The Labute approximate surface area is 74.9 Å². The van der Waals surface area contributed by atoms with E-state index in [1.165, 1.54) is 11.3 Å². The van der Waals surface area contributed by atoms with Gasteiger partial charge in [0.05, 0.1) is 6.61 Å². The molecule has 3 nitrogen and oxygen atoms in total. The maximum absolute atomic E-state index is 9.46. The Morgan fingerprint density at radius 2 is 2.17 bits per heavy atom. The topological polar surface area (TPSA) is 60.7 Å². The highest BCUT2D eigenvalue weighted by Crippen LogP contribution is 2.25. The molecule has 0 radical (unpaired) electrons. The van der Waals surface area contributed by atoms with E-state index in [4.69, 9.17) is 10.2 Å². The van der Waals surface area contributed by atoms with Crippen LogP contribution in [0.2, 0.25) is 0 Å². The Bertz CT molecular complexity index is 246. The van der Waals surface area contributed by atoms with Crippen molar-refractivity contribution in [3.05, 3.63) is 21.9 Å². The van der Waals surface area contributed by atoms with Gasteiger partial charge in [-0.2, -0.15) is 0 Å². The van der Waals surface area contributed by atoms with Crippen molar-refractivity contribution < 1.29 is 15.3 Å². The predicted octanol–water partition coefficient (Wildman–Crippen LogP) is 0.443. The van der Waals surface area contributed by atoms with Crippen molar-refractivity contribution in [2.75, 3.05) is 6.61 Å². The summed E-state index contributed by atoms with van der Waals surface area (Å²) in [5, 5.41) is 29.0. The molecule has 3 N–H and O–H groups in total. The summed E-state index contributed by atoms with van der Waals surface area (Å²) in [6.07, 6.45) is -2.04. The van der Waals surface area contributed by atoms with E-state index < -0.39 is 18.8 Å². The number of rotatable bonds is 3. The molecule has 0 saturated carbocycles. The van der Waals surface area contributed by atoms with E-state index >= 15 is 0 Å². The van der Waals surface area contributed by atoms with Gasteiger partial charge >= 0.3 is 0 Å². The van der Waals surface area contributed by atoms with Crippen LogP contribution in [0.4, 0.5) is 0 Å². The lowest BCUT2D eigenvalue weighted by molar-refractivity contribution is -0.0137. The maximum atomic E-state index is 9.46. The fraction of sp³-hybridized carbons (Fsp3) is 0.500. The molecule has 0 saturated heterocycles. The monoisotopic (exact) mass is 188 g/mol. The van der Waals surface area contributed by atoms with Crippen molar-refractivity contribution in [3.8, 4) is 0 Å². The van der Waals surface area contributed by atoms with Crippen LogP contribution in [0.15, 0.2) is 11.4 Å². The Morgan fingerprint density at radius 1 is 1.50 bits per heavy atom. The second kappa shape index (κ2) is 4.00. The van der Waals surface area contributed by atoms with E-state index in [1.807, 2.05) is 18.4 Å². The minimum Gasteiger partial charge on any atom is -0.394 e. The lowest BCUT2D eigenvalue weighted by Crippen LogP contribution is -2.21. The van der Waals surface area contributed by atoms with Gasteiger partial charge in [0.2, 0.25) is 0 Å². The van der Waals surface area contributed by atoms with Crippen LogP contribution in [0.25, 0.3) is 0 Å². The van der Waals surface area contributed by atoms with Gasteiger partial charge in [-0.25, -0.2) is 0 Å². The number of hydrogen-bond acceptors (Lipinski definition) is 4. The van der Waals surface area contributed by atoms with E-state index in [9.17, 15) is 5.11 Å². The molecule has 0 amide bonds. The zero-order valence-electron chi connectivity index (χ0n) is 6.77. The molecular weight excluding hydrogens is 176 g/mol. The molecule has 1 heterocycles. The first-order valence-electron chi connectivity index (χ1n) is 3.67. The van der Waals surface area contributed by atoms with Crippen molar-refractivity contribution in [2.24, 2.45) is 0 Å². The molecule has 0 aliphatic heterocycles. The summed E-state index contributed by atoms with van der Waals surface area (Å²) in [6, 6.07) is 1.87. The van der Waals surface area contributed by atoms with Crippen LogP contribution in [0.1, 0.15) is 16.5 Å². The van der Waals surface area contributed by atoms with Crippen LogP contribution >= 0.6 is 11.3 Å². The molecule has 0 aliphatic rings. The molecule has 68 valence electrons. The average Bonchev–Trinajstić information content (AvgIpc) is 2.48. The summed E-state index contributed by atoms with van der Waals surface area (Å²) in [6.45, 7) is 1.44. The van der Waals surface area contributed by atoms with E-state index in [-0.39, 0.29) is 0 Å². The second-order valence-electron chi connectivity index (χ2n) is 2.66. The molecule has 1 rings (SSSR count). The zero-order valence-corrected chi connectivity index (χ0v) is 7.58. The van der Waals surface area contributed by atoms with Crippen molar-refractivity contribution in [1.29, 1.82) is 0 Å². The van der Waals surface area contributed by atoms with E-state index in [0.29, 0.717) is 0 Å². The molecule has 0 spiro atoms. The highest BCUT2D eigenvalue weighted by atomic mass is 32.1. The Balaban J connectivity index is 2.77. The normalized spacial score (nSPS) is 16.0. The van der Waals surface area contributed by atoms with Crippen molar-refractivity contribution in [2.45, 2.75) is 19.1 Å². The average molecular weight is 188 g/mol. The SMILES string of the molecule is Cc1ccsc1C(O)C(O)CO. The molecule has 1 aromatic heterocycles. The number of aryl methyl sites for hydroxylation is 1. The number of aliphatic hydroxyl groups is 3. The molecule has 0 fully saturated rings. The lowest BCUT2D eigenvalue weighted by atomic mass is 10.1. The van der Waals surface area contributed by atoms with Crippen LogP contribution in [-0.2, 0) is 0 Å². The molecule has 2 atom stereocenters. The second-order valence-corrected chi connectivity index (χ2v) is 3.61. The van der Waals surface area contributed by atoms with Crippen LogP contribution in [0.5, 0.6) is 0 Å². The number of hydrogen-bond donors (Lipinski definition) is 3. The first-order valence-corrected chi connectivity index (χ1v) is 4.55. The summed E-state index contributed by atoms with van der Waals surface area (Å²) < 4.78 is 0. The molecular formula is C8H12O3S. The molecule has 1 aromatic rings. The summed E-state index contributed by atoms with van der Waals surface area (Å²) in [7, 11) is 0. The van der Waals surface area contributed by atoms with Gasteiger partial charge in [-0.3, -0.25) is 0 Å². The van der Waals surface area contributed by atoms with Gasteiger partial charge in [0.25, 0.3) is 0 Å². The highest BCUT2D eigenvalue weighted by molar-refractivity contribution is 7.10. The van der Waals surface area contributed by atoms with Crippen LogP contribution in [0, 0.1) is 6.92 Å². The molecule has 0 bridgehead atoms. The predicted molar refractivity (Wildman–Crippen MR) is 47.1 cm³/mol. The van der Waals surface area contributed by atoms with Gasteiger partial charge in [-0.1, -0.05) is 0 Å². The highest BCUT2D eigenvalue weighted by Gasteiger charge is 2.19. The van der Waals surface area contributed by atoms with Gasteiger partial charge in [0.15, 0.2) is 0 Å². The first-order chi connectivity index (χ1) is 5.66. The van der Waals surface area contributed by atoms with Gasteiger partial charge < -0.3 is 15.3 Å². The van der Waals surface area contributed by atoms with Crippen molar-refractivity contribution >= 4 is 11.3 Å². The quantitative estimate of drug-likeness (QED) is 0.645. The molecule has 2 unspecified atom stereocenters. The molecule has 0 aliphatic carbocycles. The van der Waals surface area contributed by atoms with Crippen molar-refractivity contribution in [1.82, 2.24) is 0 Å². The summed E-state index contributed by atoms with van der Waals surface area (Å²) in [5.41, 5.74) is 0.944. The van der Waals surface area contributed by atoms with Gasteiger partial charge in [-0.15, -0.1) is 11.3 Å². The molecule has 4 heteroatoms. The van der Waals surface area contributed by atoms with Gasteiger partial charge in [0.1, 0.15) is 12.2 Å². The Morgan fingerprint density at radius 3 is 2.58 bits per heavy atom. The third-order valence-electron chi connectivity index (χ3n) is 1.72. The van der Waals surface area contributed by atoms with Crippen molar-refractivity contribution in [3.63, 3.8) is 0 Å². The van der Waals surface area contributed by atoms with Crippen LogP contribution in [0.3, 0.4) is 0 Å². The van der Waals surface area contributed by atoms with Gasteiger partial charge in [-0.05, 0) is 23.9 Å². The minimum absolute atomic E-state index is 0.418. The number of aliphatic hydroxyl groups excluding tert-OH is 3. The summed E-state index contributed by atoms with van der Waals surface area (Å²) in [5.74, 6) is 0. The fourth-order valence-electron chi connectivity index (χ4n) is 0.962. The summed E-state index contributed by atoms with van der Waals surface area (Å²) >= 11 is 1.38. The third-order valence-corrected chi connectivity index (χ3v) is 2.81. The summed E-state index contributed by atoms with van der Waals surface area (Å²) in [4.78, 5) is 0.719. The minimum atomic E-state index is -1.08. The van der Waals surface area contributed by atoms with E-state index in [0.717, 1.165) is 10.4 Å². The third kappa shape index (κ3) is 1.84. The largest absolute Gasteiger partial charge is 0.394 e. The smallest absolute Gasteiger partial charge is 0.116 e. The Hall–Kier alpha value is -0.420. The van der Waals surface area contributed by atoms with E-state index in [1.54, 1.807) is 0 Å². The van der Waals surface area contributed by atoms with Crippen LogP contribution < -0.4 is 0 Å². The van der Waals surface area contributed by atoms with Gasteiger partial charge in [0, 0.05) is 4.88 Å². The number of thiophene rings is 1. The molecule has 12 heavy (non-hydrogen) atoms. The van der Waals surface area contributed by atoms with Crippen LogP contribution in [-0.4, -0.2) is 28.0 Å². The lowest BCUT2D eigenvalue weighted by Gasteiger charge is -2.14. The Kier molecular flexibility index (Phi) is 3.22. The standard InChI is InChI=1S/C8H12O3S/c1-5-2-3-12-8(5)7(11)6(10)4-9/h2-3,6-7,9-11H,4H2,1H3. The zero-order chi connectivity index (χ0) is 9.14. The maximum Gasteiger partial charge on any atom is 0.116 e. The molecule has 0 aromatic carbocycles. The first kappa shape index (κ1) is 9.67.